The van der Waals surface area contributed by atoms with Crippen molar-refractivity contribution >= 4 is 17.2 Å². The van der Waals surface area contributed by atoms with Gasteiger partial charge in [-0.05, 0) is 19.8 Å². The number of nitrogens with zero attached hydrogens (tertiary/aromatic N) is 2. The lowest BCUT2D eigenvalue weighted by molar-refractivity contribution is -0.135. The van der Waals surface area contributed by atoms with Crippen molar-refractivity contribution in [2.75, 3.05) is 13.6 Å². The highest BCUT2D eigenvalue weighted by Crippen LogP contribution is 2.46. The number of hydrogen-bond donors (Lipinski definition) is 1. The fourth-order valence-electron chi connectivity index (χ4n) is 1.86. The summed E-state index contributed by atoms with van der Waals surface area (Å²) >= 11 is 1.61. The van der Waals surface area contributed by atoms with E-state index in [2.05, 4.69) is 4.98 Å². The Bertz CT molecular complexity index is 398. The highest BCUT2D eigenvalue weighted by Gasteiger charge is 2.49. The molecule has 1 aromatic rings. The zero-order valence-electron chi connectivity index (χ0n) is 9.69. The van der Waals surface area contributed by atoms with Crippen LogP contribution in [0.3, 0.4) is 0 Å². The van der Waals surface area contributed by atoms with Crippen LogP contribution in [-0.2, 0) is 11.3 Å². The molecule has 1 amide bonds. The van der Waals surface area contributed by atoms with Crippen molar-refractivity contribution in [1.82, 2.24) is 9.88 Å². The van der Waals surface area contributed by atoms with Gasteiger partial charge in [-0.3, -0.25) is 4.79 Å². The summed E-state index contributed by atoms with van der Waals surface area (Å²) in [4.78, 5) is 18.2. The van der Waals surface area contributed by atoms with Crippen molar-refractivity contribution in [1.29, 1.82) is 0 Å². The molecule has 4 nitrogen and oxygen atoms in total. The molecule has 0 radical (unpaired) electrons. The predicted molar refractivity (Wildman–Crippen MR) is 64.0 cm³/mol. The average molecular weight is 239 g/mol. The van der Waals surface area contributed by atoms with Gasteiger partial charge < -0.3 is 10.6 Å². The van der Waals surface area contributed by atoms with Gasteiger partial charge in [0.25, 0.3) is 0 Å². The summed E-state index contributed by atoms with van der Waals surface area (Å²) in [5.41, 5.74) is 6.36. The van der Waals surface area contributed by atoms with E-state index in [1.54, 1.807) is 16.2 Å². The summed E-state index contributed by atoms with van der Waals surface area (Å²) in [6.45, 7) is 3.02. The maximum atomic E-state index is 12.1. The molecule has 1 aliphatic rings. The molecule has 1 heterocycles. The SMILES string of the molecule is Cc1nc(CN(C)C(=O)C2(CN)CC2)cs1. The zero-order chi connectivity index (χ0) is 11.8. The Morgan fingerprint density at radius 1 is 1.69 bits per heavy atom. The van der Waals surface area contributed by atoms with Crippen molar-refractivity contribution in [3.05, 3.63) is 16.1 Å². The van der Waals surface area contributed by atoms with Crippen LogP contribution < -0.4 is 5.73 Å². The highest BCUT2D eigenvalue weighted by molar-refractivity contribution is 7.09. The summed E-state index contributed by atoms with van der Waals surface area (Å²) < 4.78 is 0. The number of aryl methyl sites for hydroxylation is 1. The summed E-state index contributed by atoms with van der Waals surface area (Å²) in [6, 6.07) is 0. The first-order chi connectivity index (χ1) is 7.57. The summed E-state index contributed by atoms with van der Waals surface area (Å²) in [5, 5.41) is 3.04. The molecule has 0 aromatic carbocycles. The smallest absolute Gasteiger partial charge is 0.230 e. The molecule has 16 heavy (non-hydrogen) atoms. The van der Waals surface area contributed by atoms with Crippen LogP contribution in [0.2, 0.25) is 0 Å². The fourth-order valence-corrected chi connectivity index (χ4v) is 2.46. The van der Waals surface area contributed by atoms with Crippen molar-refractivity contribution in [3.8, 4) is 0 Å². The van der Waals surface area contributed by atoms with Crippen LogP contribution in [0.15, 0.2) is 5.38 Å². The van der Waals surface area contributed by atoms with Crippen LogP contribution in [0.25, 0.3) is 0 Å². The molecule has 0 atom stereocenters. The van der Waals surface area contributed by atoms with Gasteiger partial charge in [0.1, 0.15) is 0 Å². The van der Waals surface area contributed by atoms with Crippen molar-refractivity contribution < 1.29 is 4.79 Å². The molecule has 1 fully saturated rings. The van der Waals surface area contributed by atoms with Crippen LogP contribution in [0.5, 0.6) is 0 Å². The topological polar surface area (TPSA) is 59.2 Å². The fraction of sp³-hybridized carbons (Fsp3) is 0.636. The van der Waals surface area contributed by atoms with Gasteiger partial charge in [-0.2, -0.15) is 0 Å². The molecule has 2 rings (SSSR count). The van der Waals surface area contributed by atoms with Gasteiger partial charge in [0.05, 0.1) is 22.7 Å². The number of nitrogens with two attached hydrogens (primary N) is 1. The van der Waals surface area contributed by atoms with Gasteiger partial charge in [-0.25, -0.2) is 4.98 Å². The molecule has 1 aliphatic carbocycles. The molecular formula is C11H17N3OS. The molecule has 0 aliphatic heterocycles. The number of amides is 1. The number of thiazole rings is 1. The predicted octanol–water partition coefficient (Wildman–Crippen LogP) is 1.15. The standard InChI is InChI=1S/C11H17N3OS/c1-8-13-9(6-16-8)5-14(2)10(15)11(7-12)3-4-11/h6H,3-5,7,12H2,1-2H3. The molecule has 88 valence electrons. The van der Waals surface area contributed by atoms with Gasteiger partial charge in [0.15, 0.2) is 0 Å². The number of hydrogen-bond acceptors (Lipinski definition) is 4. The molecule has 0 spiro atoms. The third-order valence-corrected chi connectivity index (χ3v) is 3.93. The van der Waals surface area contributed by atoms with E-state index in [1.165, 1.54) is 0 Å². The Kier molecular flexibility index (Phi) is 2.99. The number of rotatable bonds is 4. The minimum atomic E-state index is -0.250. The van der Waals surface area contributed by atoms with E-state index in [-0.39, 0.29) is 11.3 Å². The first kappa shape index (κ1) is 11.5. The molecule has 1 saturated carbocycles. The normalized spacial score (nSPS) is 17.2. The molecular weight excluding hydrogens is 222 g/mol. The van der Waals surface area contributed by atoms with Crippen LogP contribution in [-0.4, -0.2) is 29.4 Å². The highest BCUT2D eigenvalue weighted by atomic mass is 32.1. The van der Waals surface area contributed by atoms with E-state index in [4.69, 9.17) is 5.73 Å². The Labute approximate surface area is 99.5 Å². The maximum absolute atomic E-state index is 12.1. The van der Waals surface area contributed by atoms with E-state index < -0.39 is 0 Å². The van der Waals surface area contributed by atoms with Gasteiger partial charge in [0.2, 0.25) is 5.91 Å². The van der Waals surface area contributed by atoms with Crippen LogP contribution in [0.1, 0.15) is 23.5 Å². The third-order valence-electron chi connectivity index (χ3n) is 3.11. The minimum Gasteiger partial charge on any atom is -0.339 e. The van der Waals surface area contributed by atoms with E-state index in [0.29, 0.717) is 13.1 Å². The zero-order valence-corrected chi connectivity index (χ0v) is 10.5. The molecule has 0 unspecified atom stereocenters. The summed E-state index contributed by atoms with van der Waals surface area (Å²) in [5.74, 6) is 0.167. The molecule has 5 heteroatoms. The second-order valence-electron chi connectivity index (χ2n) is 4.50. The lowest BCUT2D eigenvalue weighted by Gasteiger charge is -2.21. The van der Waals surface area contributed by atoms with Crippen molar-refractivity contribution in [2.24, 2.45) is 11.1 Å². The Morgan fingerprint density at radius 3 is 2.81 bits per heavy atom. The van der Waals surface area contributed by atoms with E-state index in [1.807, 2.05) is 19.4 Å². The maximum Gasteiger partial charge on any atom is 0.230 e. The number of carbonyl (C=O) groups is 1. The lowest BCUT2D eigenvalue weighted by Crippen LogP contribution is -2.37. The first-order valence-corrected chi connectivity index (χ1v) is 6.32. The van der Waals surface area contributed by atoms with Gasteiger partial charge >= 0.3 is 0 Å². The second kappa shape index (κ2) is 4.14. The van der Waals surface area contributed by atoms with Gasteiger partial charge in [-0.15, -0.1) is 11.3 Å². The molecule has 2 N–H and O–H groups in total. The quantitative estimate of drug-likeness (QED) is 0.857. The first-order valence-electron chi connectivity index (χ1n) is 5.44. The Balaban J connectivity index is 1.98. The van der Waals surface area contributed by atoms with E-state index in [0.717, 1.165) is 23.5 Å². The summed E-state index contributed by atoms with van der Waals surface area (Å²) in [7, 11) is 1.83. The van der Waals surface area contributed by atoms with Crippen molar-refractivity contribution in [3.63, 3.8) is 0 Å². The molecule has 1 aromatic heterocycles. The van der Waals surface area contributed by atoms with Gasteiger partial charge in [-0.1, -0.05) is 0 Å². The largest absolute Gasteiger partial charge is 0.339 e. The third kappa shape index (κ3) is 2.10. The average Bonchev–Trinajstić information content (AvgIpc) is 2.97. The van der Waals surface area contributed by atoms with Crippen LogP contribution in [0, 0.1) is 12.3 Å². The lowest BCUT2D eigenvalue weighted by atomic mass is 10.1. The molecule has 0 bridgehead atoms. The Morgan fingerprint density at radius 2 is 2.38 bits per heavy atom. The van der Waals surface area contributed by atoms with Crippen LogP contribution >= 0.6 is 11.3 Å². The Hall–Kier alpha value is -0.940. The van der Waals surface area contributed by atoms with Crippen LogP contribution in [0.4, 0.5) is 0 Å². The van der Waals surface area contributed by atoms with E-state index >= 15 is 0 Å². The van der Waals surface area contributed by atoms with Gasteiger partial charge in [0, 0.05) is 19.0 Å². The van der Waals surface area contributed by atoms with E-state index in [9.17, 15) is 4.79 Å². The number of aromatic nitrogens is 1. The van der Waals surface area contributed by atoms with Crippen molar-refractivity contribution in [2.45, 2.75) is 26.3 Å². The summed E-state index contributed by atoms with van der Waals surface area (Å²) in [6.07, 6.45) is 1.87. The monoisotopic (exact) mass is 239 g/mol. The minimum absolute atomic E-state index is 0.167. The number of carbonyl (C=O) groups excluding carboxylic acids is 1. The molecule has 0 saturated heterocycles. The second-order valence-corrected chi connectivity index (χ2v) is 5.57.